The molecule has 1 saturated carbocycles. The first-order chi connectivity index (χ1) is 6.34. The summed E-state index contributed by atoms with van der Waals surface area (Å²) in [6, 6.07) is 2.92. The summed E-state index contributed by atoms with van der Waals surface area (Å²) >= 11 is 0. The lowest BCUT2D eigenvalue weighted by Crippen LogP contribution is -1.98. The number of halogens is 1. The Bertz CT molecular complexity index is 269. The molecule has 70 valence electrons. The Morgan fingerprint density at radius 2 is 2.31 bits per heavy atom. The van der Waals surface area contributed by atoms with E-state index in [1.54, 1.807) is 6.07 Å². The maximum Gasteiger partial charge on any atom is 0.213 e. The molecule has 0 aliphatic heterocycles. The van der Waals surface area contributed by atoms with Crippen molar-refractivity contribution in [2.24, 2.45) is 5.92 Å². The minimum Gasteiger partial charge on any atom is -0.492 e. The molecule has 3 heteroatoms. The first-order valence-corrected chi connectivity index (χ1v) is 4.59. The fourth-order valence-electron chi connectivity index (χ4n) is 1.20. The molecule has 0 amide bonds. The smallest absolute Gasteiger partial charge is 0.213 e. The number of aromatic nitrogens is 1. The Balaban J connectivity index is 1.76. The zero-order valence-electron chi connectivity index (χ0n) is 7.37. The summed E-state index contributed by atoms with van der Waals surface area (Å²) in [5.41, 5.74) is 0. The zero-order valence-corrected chi connectivity index (χ0v) is 7.37. The van der Waals surface area contributed by atoms with Crippen LogP contribution >= 0.6 is 0 Å². The van der Waals surface area contributed by atoms with Crippen molar-refractivity contribution in [3.05, 3.63) is 24.3 Å². The first kappa shape index (κ1) is 8.48. The van der Waals surface area contributed by atoms with Crippen LogP contribution in [0.25, 0.3) is 0 Å². The van der Waals surface area contributed by atoms with Gasteiger partial charge in [0.1, 0.15) is 5.75 Å². The second kappa shape index (κ2) is 3.73. The van der Waals surface area contributed by atoms with Crippen molar-refractivity contribution in [1.82, 2.24) is 4.98 Å². The Kier molecular flexibility index (Phi) is 2.43. The Hall–Kier alpha value is -1.12. The lowest BCUT2D eigenvalue weighted by molar-refractivity contribution is 0.300. The van der Waals surface area contributed by atoms with Crippen LogP contribution in [0.15, 0.2) is 18.3 Å². The van der Waals surface area contributed by atoms with Crippen LogP contribution in [0.4, 0.5) is 4.39 Å². The standard InChI is InChI=1S/C10H12FNO/c11-10-4-3-9(7-12-10)13-6-5-8-1-2-8/h3-4,7-8H,1-2,5-6H2. The molecule has 1 aromatic heterocycles. The van der Waals surface area contributed by atoms with E-state index in [9.17, 15) is 4.39 Å². The van der Waals surface area contributed by atoms with E-state index in [0.717, 1.165) is 18.9 Å². The quantitative estimate of drug-likeness (QED) is 0.665. The third-order valence-electron chi connectivity index (χ3n) is 2.19. The average molecular weight is 181 g/mol. The summed E-state index contributed by atoms with van der Waals surface area (Å²) in [6.07, 6.45) is 5.20. The molecule has 0 unspecified atom stereocenters. The van der Waals surface area contributed by atoms with Gasteiger partial charge in [0.15, 0.2) is 0 Å². The average Bonchev–Trinajstić information content (AvgIpc) is 2.92. The fraction of sp³-hybridized carbons (Fsp3) is 0.500. The van der Waals surface area contributed by atoms with Gasteiger partial charge < -0.3 is 4.74 Å². The van der Waals surface area contributed by atoms with E-state index < -0.39 is 5.95 Å². The predicted octanol–water partition coefficient (Wildman–Crippen LogP) is 2.40. The van der Waals surface area contributed by atoms with Gasteiger partial charge in [-0.1, -0.05) is 12.8 Å². The SMILES string of the molecule is Fc1ccc(OCCC2CC2)cn1. The van der Waals surface area contributed by atoms with Gasteiger partial charge in [-0.25, -0.2) is 4.98 Å². The molecule has 1 heterocycles. The molecule has 0 bridgehead atoms. The lowest BCUT2D eigenvalue weighted by atomic mass is 10.3. The van der Waals surface area contributed by atoms with Gasteiger partial charge in [-0.3, -0.25) is 0 Å². The van der Waals surface area contributed by atoms with Gasteiger partial charge in [0.05, 0.1) is 12.8 Å². The van der Waals surface area contributed by atoms with E-state index in [4.69, 9.17) is 4.74 Å². The third kappa shape index (κ3) is 2.68. The van der Waals surface area contributed by atoms with Crippen LogP contribution in [0, 0.1) is 11.9 Å². The van der Waals surface area contributed by atoms with Crippen LogP contribution in [0.5, 0.6) is 5.75 Å². The molecule has 1 aliphatic rings. The Morgan fingerprint density at radius 1 is 1.46 bits per heavy atom. The van der Waals surface area contributed by atoms with Gasteiger partial charge in [0.2, 0.25) is 5.95 Å². The fourth-order valence-corrected chi connectivity index (χ4v) is 1.20. The largest absolute Gasteiger partial charge is 0.492 e. The highest BCUT2D eigenvalue weighted by Gasteiger charge is 2.20. The summed E-state index contributed by atoms with van der Waals surface area (Å²) in [7, 11) is 0. The van der Waals surface area contributed by atoms with E-state index in [2.05, 4.69) is 4.98 Å². The molecule has 2 nitrogen and oxygen atoms in total. The normalized spacial score (nSPS) is 15.8. The summed E-state index contributed by atoms with van der Waals surface area (Å²) in [5.74, 6) is 1.06. The number of hydrogen-bond acceptors (Lipinski definition) is 2. The highest BCUT2D eigenvalue weighted by atomic mass is 19.1. The molecular formula is C10H12FNO. The molecule has 1 aromatic rings. The highest BCUT2D eigenvalue weighted by molar-refractivity contribution is 5.15. The van der Waals surface area contributed by atoms with Gasteiger partial charge in [-0.2, -0.15) is 4.39 Å². The topological polar surface area (TPSA) is 22.1 Å². The van der Waals surface area contributed by atoms with Gasteiger partial charge in [-0.15, -0.1) is 0 Å². The molecule has 0 saturated heterocycles. The maximum absolute atomic E-state index is 12.4. The molecule has 1 aliphatic carbocycles. The van der Waals surface area contributed by atoms with Crippen LogP contribution in [0.3, 0.4) is 0 Å². The third-order valence-corrected chi connectivity index (χ3v) is 2.19. The summed E-state index contributed by atoms with van der Waals surface area (Å²) < 4.78 is 17.8. The minimum atomic E-state index is -0.463. The molecule has 0 atom stereocenters. The van der Waals surface area contributed by atoms with Crippen LogP contribution in [-0.4, -0.2) is 11.6 Å². The van der Waals surface area contributed by atoms with Gasteiger partial charge in [0.25, 0.3) is 0 Å². The molecule has 2 rings (SSSR count). The second-order valence-corrected chi connectivity index (χ2v) is 3.40. The number of ether oxygens (including phenoxy) is 1. The molecule has 13 heavy (non-hydrogen) atoms. The number of pyridine rings is 1. The van der Waals surface area contributed by atoms with E-state index in [-0.39, 0.29) is 0 Å². The van der Waals surface area contributed by atoms with Gasteiger partial charge >= 0.3 is 0 Å². The Morgan fingerprint density at radius 3 is 2.92 bits per heavy atom. The molecule has 0 aromatic carbocycles. The molecule has 0 radical (unpaired) electrons. The van der Waals surface area contributed by atoms with Crippen molar-refractivity contribution in [1.29, 1.82) is 0 Å². The first-order valence-electron chi connectivity index (χ1n) is 4.59. The molecule has 0 N–H and O–H groups in total. The van der Waals surface area contributed by atoms with Crippen LogP contribution in [0.1, 0.15) is 19.3 Å². The van der Waals surface area contributed by atoms with Crippen molar-refractivity contribution < 1.29 is 9.13 Å². The molecule has 1 fully saturated rings. The van der Waals surface area contributed by atoms with E-state index in [1.165, 1.54) is 25.1 Å². The lowest BCUT2D eigenvalue weighted by Gasteiger charge is -2.03. The molecular weight excluding hydrogens is 169 g/mol. The van der Waals surface area contributed by atoms with Crippen molar-refractivity contribution >= 4 is 0 Å². The van der Waals surface area contributed by atoms with Gasteiger partial charge in [0, 0.05) is 0 Å². The molecule has 0 spiro atoms. The van der Waals surface area contributed by atoms with E-state index in [0.29, 0.717) is 5.75 Å². The zero-order chi connectivity index (χ0) is 9.10. The van der Waals surface area contributed by atoms with Crippen LogP contribution < -0.4 is 4.74 Å². The predicted molar refractivity (Wildman–Crippen MR) is 47.0 cm³/mol. The number of rotatable bonds is 4. The Labute approximate surface area is 76.7 Å². The minimum absolute atomic E-state index is 0.463. The van der Waals surface area contributed by atoms with Crippen LogP contribution in [-0.2, 0) is 0 Å². The maximum atomic E-state index is 12.4. The second-order valence-electron chi connectivity index (χ2n) is 3.40. The summed E-state index contributed by atoms with van der Waals surface area (Å²) in [5, 5.41) is 0. The summed E-state index contributed by atoms with van der Waals surface area (Å²) in [4.78, 5) is 3.50. The van der Waals surface area contributed by atoms with Crippen molar-refractivity contribution in [3.8, 4) is 5.75 Å². The monoisotopic (exact) mass is 181 g/mol. The number of nitrogens with zero attached hydrogens (tertiary/aromatic N) is 1. The van der Waals surface area contributed by atoms with Crippen molar-refractivity contribution in [2.45, 2.75) is 19.3 Å². The van der Waals surface area contributed by atoms with Crippen molar-refractivity contribution in [2.75, 3.05) is 6.61 Å². The number of hydrogen-bond donors (Lipinski definition) is 0. The van der Waals surface area contributed by atoms with E-state index in [1.807, 2.05) is 0 Å². The highest BCUT2D eigenvalue weighted by Crippen LogP contribution is 2.32. The summed E-state index contributed by atoms with van der Waals surface area (Å²) in [6.45, 7) is 0.720. The van der Waals surface area contributed by atoms with Crippen molar-refractivity contribution in [3.63, 3.8) is 0 Å². The van der Waals surface area contributed by atoms with Gasteiger partial charge in [-0.05, 0) is 24.5 Å². The van der Waals surface area contributed by atoms with Crippen LogP contribution in [0.2, 0.25) is 0 Å². The van der Waals surface area contributed by atoms with E-state index >= 15 is 0 Å².